The molecule has 0 saturated carbocycles. The van der Waals surface area contributed by atoms with Crippen LogP contribution in [-0.2, 0) is 22.8 Å². The van der Waals surface area contributed by atoms with Crippen molar-refractivity contribution in [2.24, 2.45) is 0 Å². The van der Waals surface area contributed by atoms with Crippen LogP contribution in [-0.4, -0.2) is 60.7 Å². The van der Waals surface area contributed by atoms with E-state index >= 15 is 0 Å². The van der Waals surface area contributed by atoms with E-state index in [9.17, 15) is 4.79 Å². The zero-order chi connectivity index (χ0) is 26.4. The molecule has 0 aliphatic carbocycles. The zero-order valence-electron chi connectivity index (χ0n) is 23.9. The van der Waals surface area contributed by atoms with E-state index in [1.807, 2.05) is 0 Å². The van der Waals surface area contributed by atoms with Crippen molar-refractivity contribution < 1.29 is 22.8 Å². The Morgan fingerprint density at radius 1 is 0.788 bits per heavy atom. The minimum absolute atomic E-state index is 0.00506. The van der Waals surface area contributed by atoms with Gasteiger partial charge >= 0.3 is 5.97 Å². The highest BCUT2D eigenvalue weighted by molar-refractivity contribution is 9.09. The maximum atomic E-state index is 13.3. The van der Waals surface area contributed by atoms with Crippen molar-refractivity contribution in [2.45, 2.75) is 141 Å². The first kappa shape index (κ1) is 31.5. The summed E-state index contributed by atoms with van der Waals surface area (Å²) in [7, 11) is -6.55. The normalized spacial score (nSPS) is 24.7. The molecule has 0 radical (unpaired) electrons. The van der Waals surface area contributed by atoms with Gasteiger partial charge in [0.1, 0.15) is 6.10 Å². The molecule has 33 heavy (non-hydrogen) atoms. The van der Waals surface area contributed by atoms with Crippen LogP contribution in [0.5, 0.6) is 0 Å². The Balaban J connectivity index is 3.44. The van der Waals surface area contributed by atoms with Crippen LogP contribution in [0.15, 0.2) is 0 Å². The average Bonchev–Trinajstić information content (AvgIpc) is 2.85. The molecule has 0 spiro atoms. The Morgan fingerprint density at radius 3 is 1.55 bits per heavy atom. The summed E-state index contributed by atoms with van der Waals surface area (Å²) in [5.74, 6) is -0.321. The van der Waals surface area contributed by atoms with Gasteiger partial charge in [-0.05, 0) is 54.4 Å². The second-order valence-electron chi connectivity index (χ2n) is 14.1. The van der Waals surface area contributed by atoms with Gasteiger partial charge in [0, 0.05) is 5.33 Å². The van der Waals surface area contributed by atoms with Gasteiger partial charge in [-0.1, -0.05) is 78.2 Å². The molecule has 196 valence electrons. The molecule has 1 fully saturated rings. The van der Waals surface area contributed by atoms with Crippen molar-refractivity contribution >= 4 is 46.9 Å². The molecule has 0 aromatic heterocycles. The van der Waals surface area contributed by atoms with Gasteiger partial charge in [0.25, 0.3) is 0 Å². The highest BCUT2D eigenvalue weighted by Gasteiger charge is 2.57. The van der Waals surface area contributed by atoms with Crippen LogP contribution in [0.1, 0.15) is 62.3 Å². The van der Waals surface area contributed by atoms with E-state index in [1.54, 1.807) is 0 Å². The quantitative estimate of drug-likeness (QED) is 0.168. The second kappa shape index (κ2) is 10.1. The summed E-state index contributed by atoms with van der Waals surface area (Å²) in [6.07, 6.45) is -2.01. The number of alkyl halides is 1. The van der Waals surface area contributed by atoms with Crippen molar-refractivity contribution in [3.63, 3.8) is 0 Å². The van der Waals surface area contributed by atoms with E-state index < -0.39 is 43.3 Å². The fraction of sp³-hybridized carbons (Fsp3) is 0.958. The van der Waals surface area contributed by atoms with E-state index in [0.29, 0.717) is 5.33 Å². The number of ether oxygens (including phenoxy) is 1. The van der Waals surface area contributed by atoms with Gasteiger partial charge in [-0.25, -0.2) is 4.79 Å². The molecule has 0 aromatic rings. The molecular weight excluding hydrogens is 532 g/mol. The standard InChI is InChI=1S/C24H51BrO5Si3/c1-22(2,3)31(10,11)28-17(16-25)18-19(29-32(12,13)23(4,5)6)20(21(26)27-18)30-33(14,15)24(7,8)9/h17-20H,16H2,1-15H3/t17-,18+,19+,20-/m1/s1. The van der Waals surface area contributed by atoms with E-state index in [1.165, 1.54) is 0 Å². The highest BCUT2D eigenvalue weighted by Crippen LogP contribution is 2.44. The first-order valence-corrected chi connectivity index (χ1v) is 22.0. The summed E-state index contributed by atoms with van der Waals surface area (Å²) < 4.78 is 26.4. The van der Waals surface area contributed by atoms with Gasteiger partial charge in [0.05, 0.1) is 6.10 Å². The number of cyclic esters (lactones) is 1. The third kappa shape index (κ3) is 7.26. The Hall–Kier alpha value is 0.481. The van der Waals surface area contributed by atoms with E-state index in [4.69, 9.17) is 18.0 Å². The largest absolute Gasteiger partial charge is 0.455 e. The van der Waals surface area contributed by atoms with Gasteiger partial charge in [0.2, 0.25) is 0 Å². The number of carbonyl (C=O) groups is 1. The number of hydrogen-bond donors (Lipinski definition) is 0. The number of esters is 1. The minimum atomic E-state index is -2.24. The molecule has 0 N–H and O–H groups in total. The number of hydrogen-bond acceptors (Lipinski definition) is 5. The van der Waals surface area contributed by atoms with Gasteiger partial charge in [-0.3, -0.25) is 0 Å². The fourth-order valence-electron chi connectivity index (χ4n) is 2.86. The first-order valence-electron chi connectivity index (χ1n) is 12.2. The number of rotatable bonds is 8. The topological polar surface area (TPSA) is 54.0 Å². The smallest absolute Gasteiger partial charge is 0.337 e. The third-order valence-corrected chi connectivity index (χ3v) is 22.4. The van der Waals surface area contributed by atoms with E-state index in [0.717, 1.165) is 0 Å². The van der Waals surface area contributed by atoms with Crippen LogP contribution in [0.25, 0.3) is 0 Å². The summed E-state index contributed by atoms with van der Waals surface area (Å²) in [6.45, 7) is 33.1. The third-order valence-electron chi connectivity index (χ3n) is 8.34. The van der Waals surface area contributed by atoms with E-state index in [2.05, 4.69) is 118 Å². The molecular formula is C24H51BrO5Si3. The minimum Gasteiger partial charge on any atom is -0.455 e. The molecule has 1 heterocycles. The molecule has 4 atom stereocenters. The molecule has 1 saturated heterocycles. The summed E-state index contributed by atoms with van der Waals surface area (Å²) in [4.78, 5) is 13.3. The Kier molecular flexibility index (Phi) is 9.64. The lowest BCUT2D eigenvalue weighted by molar-refractivity contribution is -0.149. The fourth-order valence-corrected chi connectivity index (χ4v) is 7.44. The van der Waals surface area contributed by atoms with Crippen molar-refractivity contribution in [1.82, 2.24) is 0 Å². The second-order valence-corrected chi connectivity index (χ2v) is 29.0. The predicted molar refractivity (Wildman–Crippen MR) is 150 cm³/mol. The Labute approximate surface area is 215 Å². The van der Waals surface area contributed by atoms with Crippen LogP contribution in [0.3, 0.4) is 0 Å². The maximum absolute atomic E-state index is 13.3. The summed E-state index contributed by atoms with van der Waals surface area (Å²) in [5.41, 5.74) is 0. The molecule has 5 nitrogen and oxygen atoms in total. The monoisotopic (exact) mass is 582 g/mol. The van der Waals surface area contributed by atoms with Gasteiger partial charge < -0.3 is 18.0 Å². The molecule has 9 heteroatoms. The molecule has 1 aliphatic heterocycles. The van der Waals surface area contributed by atoms with Crippen LogP contribution in [0, 0.1) is 0 Å². The highest BCUT2D eigenvalue weighted by atomic mass is 79.9. The summed E-state index contributed by atoms with van der Waals surface area (Å²) in [6, 6.07) is 0. The Bertz CT molecular complexity index is 690. The van der Waals surface area contributed by atoms with Gasteiger partial charge in [-0.2, -0.15) is 0 Å². The summed E-state index contributed by atoms with van der Waals surface area (Å²) in [5, 5.41) is 0.582. The average molecular weight is 584 g/mol. The van der Waals surface area contributed by atoms with Crippen LogP contribution in [0.2, 0.25) is 54.4 Å². The van der Waals surface area contributed by atoms with Crippen molar-refractivity contribution in [2.75, 3.05) is 5.33 Å². The Morgan fingerprint density at radius 2 is 1.18 bits per heavy atom. The number of halogens is 1. The van der Waals surface area contributed by atoms with Crippen LogP contribution in [0.4, 0.5) is 0 Å². The molecule has 0 bridgehead atoms. The molecule has 0 unspecified atom stereocenters. The van der Waals surface area contributed by atoms with Crippen molar-refractivity contribution in [3.05, 3.63) is 0 Å². The SMILES string of the molecule is CC(C)(C)[Si](C)(C)O[C@H]1[C@H]([C@@H](CBr)O[Si](C)(C)C(C)(C)C)OC(=O)[C@@H]1O[Si](C)(C)C(C)(C)C. The lowest BCUT2D eigenvalue weighted by Crippen LogP contribution is -2.56. The molecule has 1 aliphatic rings. The lowest BCUT2D eigenvalue weighted by Gasteiger charge is -2.44. The van der Waals surface area contributed by atoms with E-state index in [-0.39, 0.29) is 27.2 Å². The molecule has 0 amide bonds. The van der Waals surface area contributed by atoms with Crippen molar-refractivity contribution in [1.29, 1.82) is 0 Å². The summed E-state index contributed by atoms with van der Waals surface area (Å²) >= 11 is 3.65. The van der Waals surface area contributed by atoms with Gasteiger partial charge in [-0.15, -0.1) is 0 Å². The van der Waals surface area contributed by atoms with Crippen molar-refractivity contribution in [3.8, 4) is 0 Å². The maximum Gasteiger partial charge on any atom is 0.337 e. The molecule has 0 aromatic carbocycles. The lowest BCUT2D eigenvalue weighted by atomic mass is 10.1. The first-order chi connectivity index (χ1) is 14.4. The predicted octanol–water partition coefficient (Wildman–Crippen LogP) is 7.48. The van der Waals surface area contributed by atoms with Crippen LogP contribution >= 0.6 is 15.9 Å². The van der Waals surface area contributed by atoms with Gasteiger partial charge in [0.15, 0.2) is 37.2 Å². The number of carbonyl (C=O) groups excluding carboxylic acids is 1. The van der Waals surface area contributed by atoms with Crippen LogP contribution < -0.4 is 0 Å². The molecule has 1 rings (SSSR count). The zero-order valence-corrected chi connectivity index (χ0v) is 28.5.